The van der Waals surface area contributed by atoms with Gasteiger partial charge < -0.3 is 9.47 Å². The Labute approximate surface area is 326 Å². The predicted molar refractivity (Wildman–Crippen MR) is 211 cm³/mol. The number of unbranched alkanes of at least 4 members (excludes halogenated alkanes) is 7. The number of hydrogen-bond acceptors (Lipinski definition) is 10. The van der Waals surface area contributed by atoms with Gasteiger partial charge >= 0.3 is 11.4 Å². The molecule has 0 fully saturated rings. The number of methoxy groups -OCH3 is 2. The maximum Gasteiger partial charge on any atom is 0.346 e. The van der Waals surface area contributed by atoms with Crippen LogP contribution in [0.15, 0.2) is 70.5 Å². The van der Waals surface area contributed by atoms with Crippen LogP contribution in [-0.4, -0.2) is 72.9 Å². The molecular weight excluding hydrogens is 713 g/mol. The fraction of sp³-hybridized carbons (Fsp3) is 0.500. The normalized spacial score (nSPS) is 11.4. The van der Waals surface area contributed by atoms with E-state index < -0.39 is 0 Å². The molecule has 16 nitrogen and oxygen atoms in total. The fourth-order valence-corrected chi connectivity index (χ4v) is 6.84. The highest BCUT2D eigenvalue weighted by Crippen LogP contribution is 2.14. The number of rotatable bonds is 23. The van der Waals surface area contributed by atoms with Gasteiger partial charge in [0.1, 0.15) is 34.5 Å². The molecule has 298 valence electrons. The zero-order chi connectivity index (χ0) is 39.3. The van der Waals surface area contributed by atoms with Gasteiger partial charge in [-0.3, -0.25) is 18.5 Å². The first-order valence-corrected chi connectivity index (χ1v) is 19.6. The molecule has 0 saturated heterocycles. The van der Waals surface area contributed by atoms with Crippen molar-refractivity contribution in [3.8, 4) is 11.5 Å². The van der Waals surface area contributed by atoms with Gasteiger partial charge in [-0.05, 0) is 74.9 Å². The molecule has 6 rings (SSSR count). The van der Waals surface area contributed by atoms with E-state index in [2.05, 4.69) is 30.8 Å². The topological polar surface area (TPSA) is 160 Å². The standard InChI is InChI=1S/C40H54N12O4/c1-31-43-51(39(53)49(31)25-21-33-13-17-37(55-3)18-14-33)29-35-27-47(45-41-35)23-11-9-7-5-6-8-10-12-24-48-28-36(42-46-48)30-52-40(54)50(32(2)44-52)26-22-34-15-19-38(56-4)20-16-34/h13-20,27-28H,5-12,21-26,29-30H2,1-4H3. The van der Waals surface area contributed by atoms with Crippen LogP contribution in [0.4, 0.5) is 0 Å². The summed E-state index contributed by atoms with van der Waals surface area (Å²) < 4.78 is 20.5. The van der Waals surface area contributed by atoms with Crippen molar-refractivity contribution >= 4 is 0 Å². The first-order chi connectivity index (χ1) is 27.3. The summed E-state index contributed by atoms with van der Waals surface area (Å²) in [6.07, 6.45) is 14.4. The first-order valence-electron chi connectivity index (χ1n) is 19.6. The molecule has 0 unspecified atom stereocenters. The Balaban J connectivity index is 0.818. The minimum atomic E-state index is -0.138. The molecule has 6 aromatic rings. The van der Waals surface area contributed by atoms with E-state index in [-0.39, 0.29) is 11.4 Å². The van der Waals surface area contributed by atoms with E-state index >= 15 is 0 Å². The van der Waals surface area contributed by atoms with E-state index in [1.54, 1.807) is 23.4 Å². The third-order valence-corrected chi connectivity index (χ3v) is 10.1. The quantitative estimate of drug-likeness (QED) is 0.0843. The lowest BCUT2D eigenvalue weighted by molar-refractivity contribution is 0.414. The van der Waals surface area contributed by atoms with Crippen LogP contribution in [0.25, 0.3) is 0 Å². The lowest BCUT2D eigenvalue weighted by Gasteiger charge is -2.05. The molecule has 0 amide bonds. The van der Waals surface area contributed by atoms with Crippen LogP contribution in [0, 0.1) is 13.8 Å². The summed E-state index contributed by atoms with van der Waals surface area (Å²) in [7, 11) is 3.30. The van der Waals surface area contributed by atoms with E-state index in [9.17, 15) is 9.59 Å². The largest absolute Gasteiger partial charge is 0.497 e. The van der Waals surface area contributed by atoms with E-state index in [4.69, 9.17) is 9.47 Å². The minimum Gasteiger partial charge on any atom is -0.497 e. The van der Waals surface area contributed by atoms with Crippen LogP contribution in [0.2, 0.25) is 0 Å². The SMILES string of the molecule is COc1ccc(CCn2c(C)nn(Cc3cn(CCCCCCCCCCn4cc(Cn5nc(C)n(CCc6ccc(OC)cc6)c5=O)nn4)nn3)c2=O)cc1. The molecule has 2 aromatic carbocycles. The maximum absolute atomic E-state index is 13.0. The lowest BCUT2D eigenvalue weighted by Crippen LogP contribution is -2.26. The summed E-state index contributed by atoms with van der Waals surface area (Å²) in [5, 5.41) is 26.1. The Morgan fingerprint density at radius 2 is 0.893 bits per heavy atom. The molecule has 4 heterocycles. The summed E-state index contributed by atoms with van der Waals surface area (Å²) in [4.78, 5) is 26.1. The van der Waals surface area contributed by atoms with Crippen LogP contribution in [0.1, 0.15) is 85.5 Å². The van der Waals surface area contributed by atoms with Gasteiger partial charge in [-0.25, -0.2) is 19.0 Å². The van der Waals surface area contributed by atoms with E-state index in [0.717, 1.165) is 85.6 Å². The first kappa shape index (κ1) is 39.9. The van der Waals surface area contributed by atoms with E-state index in [1.807, 2.05) is 84.1 Å². The number of aryl methyl sites for hydroxylation is 6. The third-order valence-electron chi connectivity index (χ3n) is 10.1. The Morgan fingerprint density at radius 3 is 1.27 bits per heavy atom. The molecule has 4 aromatic heterocycles. The molecule has 56 heavy (non-hydrogen) atoms. The van der Waals surface area contributed by atoms with Crippen LogP contribution >= 0.6 is 0 Å². The molecule has 0 N–H and O–H groups in total. The summed E-state index contributed by atoms with van der Waals surface area (Å²) in [6.45, 7) is 7.03. The van der Waals surface area contributed by atoms with Crippen molar-refractivity contribution in [1.82, 2.24) is 58.7 Å². The van der Waals surface area contributed by atoms with Gasteiger partial charge in [-0.15, -0.1) is 10.2 Å². The summed E-state index contributed by atoms with van der Waals surface area (Å²) in [5.74, 6) is 3.00. The van der Waals surface area contributed by atoms with Gasteiger partial charge in [0.25, 0.3) is 0 Å². The zero-order valence-corrected chi connectivity index (χ0v) is 33.1. The Kier molecular flexibility index (Phi) is 14.0. The Morgan fingerprint density at radius 1 is 0.518 bits per heavy atom. The van der Waals surface area contributed by atoms with Crippen molar-refractivity contribution in [2.75, 3.05) is 14.2 Å². The van der Waals surface area contributed by atoms with Crippen LogP contribution in [-0.2, 0) is 52.1 Å². The molecular formula is C40H54N12O4. The van der Waals surface area contributed by atoms with E-state index in [0.29, 0.717) is 37.8 Å². The molecule has 0 radical (unpaired) electrons. The maximum atomic E-state index is 13.0. The highest BCUT2D eigenvalue weighted by atomic mass is 16.5. The number of hydrogen-bond donors (Lipinski definition) is 0. The molecule has 0 atom stereocenters. The van der Waals surface area contributed by atoms with Gasteiger partial charge in [0.15, 0.2) is 0 Å². The number of nitrogens with zero attached hydrogens (tertiary/aromatic N) is 12. The Hall–Kier alpha value is -5.80. The second-order valence-corrected chi connectivity index (χ2v) is 14.2. The van der Waals surface area contributed by atoms with Gasteiger partial charge in [-0.2, -0.15) is 10.2 Å². The van der Waals surface area contributed by atoms with Gasteiger partial charge in [0.2, 0.25) is 0 Å². The number of aromatic nitrogens is 12. The van der Waals surface area contributed by atoms with Gasteiger partial charge in [-0.1, -0.05) is 73.2 Å². The molecule has 0 aliphatic carbocycles. The summed E-state index contributed by atoms with van der Waals surface area (Å²) in [5.41, 5.74) is 3.44. The zero-order valence-electron chi connectivity index (χ0n) is 33.1. The second-order valence-electron chi connectivity index (χ2n) is 14.2. The van der Waals surface area contributed by atoms with Crippen molar-refractivity contribution in [2.24, 2.45) is 0 Å². The third kappa shape index (κ3) is 10.9. The Bertz CT molecular complexity index is 2070. The average molecular weight is 767 g/mol. The van der Waals surface area contributed by atoms with Crippen molar-refractivity contribution in [3.05, 3.63) is 116 Å². The summed E-state index contributed by atoms with van der Waals surface area (Å²) >= 11 is 0. The highest BCUT2D eigenvalue weighted by Gasteiger charge is 2.14. The van der Waals surface area contributed by atoms with Crippen LogP contribution < -0.4 is 20.9 Å². The molecule has 0 aliphatic rings. The summed E-state index contributed by atoms with van der Waals surface area (Å²) in [6, 6.07) is 15.8. The van der Waals surface area contributed by atoms with Gasteiger partial charge in [0, 0.05) is 26.2 Å². The highest BCUT2D eigenvalue weighted by molar-refractivity contribution is 5.28. The second kappa shape index (κ2) is 19.7. The predicted octanol–water partition coefficient (Wildman–Crippen LogP) is 4.62. The molecule has 0 spiro atoms. The number of benzene rings is 2. The average Bonchev–Trinajstić information content (AvgIpc) is 3.98. The molecule has 0 aliphatic heterocycles. The number of ether oxygens (including phenoxy) is 2. The van der Waals surface area contributed by atoms with Crippen LogP contribution in [0.5, 0.6) is 11.5 Å². The van der Waals surface area contributed by atoms with E-state index in [1.165, 1.54) is 35.0 Å². The lowest BCUT2D eigenvalue weighted by atomic mass is 10.1. The molecule has 0 saturated carbocycles. The monoisotopic (exact) mass is 766 g/mol. The van der Waals surface area contributed by atoms with Crippen molar-refractivity contribution in [2.45, 2.75) is 117 Å². The van der Waals surface area contributed by atoms with Crippen molar-refractivity contribution in [1.29, 1.82) is 0 Å². The smallest absolute Gasteiger partial charge is 0.346 e. The van der Waals surface area contributed by atoms with Crippen molar-refractivity contribution in [3.63, 3.8) is 0 Å². The fourth-order valence-electron chi connectivity index (χ4n) is 6.84. The van der Waals surface area contributed by atoms with Gasteiger partial charge in [0.05, 0.1) is 39.7 Å². The molecule has 0 bridgehead atoms. The minimum absolute atomic E-state index is 0.138. The molecule has 16 heteroatoms. The van der Waals surface area contributed by atoms with Crippen LogP contribution in [0.3, 0.4) is 0 Å². The van der Waals surface area contributed by atoms with Crippen molar-refractivity contribution < 1.29 is 9.47 Å².